The highest BCUT2D eigenvalue weighted by molar-refractivity contribution is 7.19. The summed E-state index contributed by atoms with van der Waals surface area (Å²) >= 11 is 14.0. The molecule has 1 N–H and O–H groups in total. The molecule has 0 saturated carbocycles. The van der Waals surface area contributed by atoms with Crippen molar-refractivity contribution in [2.24, 2.45) is 16.4 Å². The van der Waals surface area contributed by atoms with Gasteiger partial charge in [0.2, 0.25) is 0 Å². The SMILES string of the molecule is CCC(C)(C)C1CCc2sc3ncnc(N/N=C/c4ccc(Cl)cc4Cl)c3c2C1. The number of hydrogen-bond donors (Lipinski definition) is 1. The average molecular weight is 447 g/mol. The van der Waals surface area contributed by atoms with E-state index in [2.05, 4.69) is 41.3 Å². The Labute approximate surface area is 185 Å². The van der Waals surface area contributed by atoms with Crippen molar-refractivity contribution in [3.63, 3.8) is 0 Å². The molecule has 2 heterocycles. The highest BCUT2D eigenvalue weighted by atomic mass is 35.5. The minimum Gasteiger partial charge on any atom is -0.261 e. The number of thiophene rings is 1. The van der Waals surface area contributed by atoms with Crippen LogP contribution in [-0.2, 0) is 12.8 Å². The third kappa shape index (κ3) is 4.14. The molecule has 4 rings (SSSR count). The third-order valence-corrected chi connectivity index (χ3v) is 7.96. The molecule has 2 aromatic heterocycles. The van der Waals surface area contributed by atoms with Gasteiger partial charge in [-0.15, -0.1) is 11.3 Å². The van der Waals surface area contributed by atoms with E-state index in [1.54, 1.807) is 36.0 Å². The van der Waals surface area contributed by atoms with Gasteiger partial charge in [-0.25, -0.2) is 9.97 Å². The number of hydrazone groups is 1. The summed E-state index contributed by atoms with van der Waals surface area (Å²) in [6.07, 6.45) is 7.91. The van der Waals surface area contributed by atoms with Crippen LogP contribution in [0.4, 0.5) is 5.82 Å². The molecule has 0 bridgehead atoms. The van der Waals surface area contributed by atoms with Crippen LogP contribution in [-0.4, -0.2) is 16.2 Å². The molecule has 4 nitrogen and oxygen atoms in total. The van der Waals surface area contributed by atoms with Crippen molar-refractivity contribution in [1.29, 1.82) is 0 Å². The molecule has 0 amide bonds. The fourth-order valence-electron chi connectivity index (χ4n) is 3.92. The van der Waals surface area contributed by atoms with Gasteiger partial charge in [0, 0.05) is 15.5 Å². The third-order valence-electron chi connectivity index (χ3n) is 6.19. The van der Waals surface area contributed by atoms with Crippen molar-refractivity contribution < 1.29 is 0 Å². The van der Waals surface area contributed by atoms with Crippen molar-refractivity contribution in [3.05, 3.63) is 50.6 Å². The monoisotopic (exact) mass is 446 g/mol. The summed E-state index contributed by atoms with van der Waals surface area (Å²) in [5.41, 5.74) is 5.64. The van der Waals surface area contributed by atoms with Gasteiger partial charge in [-0.3, -0.25) is 5.43 Å². The maximum absolute atomic E-state index is 6.23. The second-order valence-corrected chi connectivity index (χ2v) is 10.2. The van der Waals surface area contributed by atoms with E-state index in [4.69, 9.17) is 23.2 Å². The highest BCUT2D eigenvalue weighted by Gasteiger charge is 2.33. The Kier molecular flexibility index (Phi) is 5.83. The van der Waals surface area contributed by atoms with E-state index in [9.17, 15) is 0 Å². The van der Waals surface area contributed by atoms with Gasteiger partial charge in [-0.1, -0.05) is 56.5 Å². The van der Waals surface area contributed by atoms with Crippen LogP contribution in [0.3, 0.4) is 0 Å². The molecule has 1 aliphatic rings. The molecule has 0 radical (unpaired) electrons. The fourth-order valence-corrected chi connectivity index (χ4v) is 5.56. The molecule has 1 atom stereocenters. The van der Waals surface area contributed by atoms with Crippen LogP contribution in [0.5, 0.6) is 0 Å². The maximum Gasteiger partial charge on any atom is 0.158 e. The van der Waals surface area contributed by atoms with Crippen LogP contribution in [0.2, 0.25) is 10.0 Å². The molecule has 0 aliphatic heterocycles. The molecule has 0 spiro atoms. The number of benzene rings is 1. The molecule has 1 aromatic carbocycles. The summed E-state index contributed by atoms with van der Waals surface area (Å²) in [5.74, 6) is 1.42. The number of aryl methyl sites for hydroxylation is 1. The number of rotatable bonds is 5. The lowest BCUT2D eigenvalue weighted by Gasteiger charge is -2.36. The van der Waals surface area contributed by atoms with Crippen LogP contribution in [0.1, 0.15) is 49.6 Å². The van der Waals surface area contributed by atoms with Gasteiger partial charge in [0.25, 0.3) is 0 Å². The van der Waals surface area contributed by atoms with Gasteiger partial charge < -0.3 is 0 Å². The summed E-state index contributed by atoms with van der Waals surface area (Å²) in [6, 6.07) is 5.34. The number of halogens is 2. The Balaban J connectivity index is 1.64. The number of hydrogen-bond acceptors (Lipinski definition) is 5. The van der Waals surface area contributed by atoms with Crippen molar-refractivity contribution in [1.82, 2.24) is 9.97 Å². The van der Waals surface area contributed by atoms with E-state index in [1.165, 1.54) is 23.3 Å². The second-order valence-electron chi connectivity index (χ2n) is 8.22. The highest BCUT2D eigenvalue weighted by Crippen LogP contribution is 2.45. The number of nitrogens with zero attached hydrogens (tertiary/aromatic N) is 3. The van der Waals surface area contributed by atoms with E-state index in [0.717, 1.165) is 34.4 Å². The van der Waals surface area contributed by atoms with Gasteiger partial charge in [-0.2, -0.15) is 5.10 Å². The van der Waals surface area contributed by atoms with E-state index < -0.39 is 0 Å². The minimum absolute atomic E-state index is 0.332. The smallest absolute Gasteiger partial charge is 0.158 e. The zero-order valence-electron chi connectivity index (χ0n) is 16.8. The molecular weight excluding hydrogens is 423 g/mol. The summed E-state index contributed by atoms with van der Waals surface area (Å²) < 4.78 is 0. The molecule has 0 fully saturated rings. The van der Waals surface area contributed by atoms with Gasteiger partial charge >= 0.3 is 0 Å². The first-order valence-electron chi connectivity index (χ1n) is 9.88. The lowest BCUT2D eigenvalue weighted by Crippen LogP contribution is -2.28. The number of anilines is 1. The zero-order valence-corrected chi connectivity index (χ0v) is 19.1. The van der Waals surface area contributed by atoms with Gasteiger partial charge in [0.1, 0.15) is 11.2 Å². The number of fused-ring (bicyclic) bond motifs is 3. The standard InChI is InChI=1S/C22H24Cl2N4S/c1-4-22(2,3)14-6-8-18-16(9-14)19-20(25-12-26-21(19)29-18)28-27-11-13-5-7-15(23)10-17(13)24/h5,7,10-12,14H,4,6,8-9H2,1-3H3,(H,25,26,28)/b27-11+. The van der Waals surface area contributed by atoms with E-state index in [0.29, 0.717) is 21.4 Å². The molecular formula is C22H24Cl2N4S. The average Bonchev–Trinajstić information content (AvgIpc) is 3.08. The van der Waals surface area contributed by atoms with Crippen molar-refractivity contribution in [3.8, 4) is 0 Å². The summed E-state index contributed by atoms with van der Waals surface area (Å²) in [6.45, 7) is 7.05. The summed E-state index contributed by atoms with van der Waals surface area (Å²) in [7, 11) is 0. The first-order valence-corrected chi connectivity index (χ1v) is 11.5. The molecule has 0 saturated heterocycles. The van der Waals surface area contributed by atoms with Crippen LogP contribution >= 0.6 is 34.5 Å². The lowest BCUT2D eigenvalue weighted by molar-refractivity contribution is 0.184. The largest absolute Gasteiger partial charge is 0.261 e. The molecule has 29 heavy (non-hydrogen) atoms. The van der Waals surface area contributed by atoms with E-state index in [1.807, 2.05) is 6.07 Å². The Bertz CT molecular complexity index is 1070. The molecule has 1 unspecified atom stereocenters. The Hall–Kier alpha value is -1.69. The molecule has 1 aliphatic carbocycles. The van der Waals surface area contributed by atoms with Crippen LogP contribution in [0.15, 0.2) is 29.6 Å². The van der Waals surface area contributed by atoms with E-state index >= 15 is 0 Å². The fraction of sp³-hybridized carbons (Fsp3) is 0.409. The molecule has 3 aromatic rings. The quantitative estimate of drug-likeness (QED) is 0.339. The maximum atomic E-state index is 6.23. The second kappa shape index (κ2) is 8.21. The minimum atomic E-state index is 0.332. The molecule has 7 heteroatoms. The van der Waals surface area contributed by atoms with Gasteiger partial charge in [0.15, 0.2) is 5.82 Å². The number of nitrogens with one attached hydrogen (secondary N) is 1. The van der Waals surface area contributed by atoms with Crippen LogP contribution < -0.4 is 5.43 Å². The van der Waals surface area contributed by atoms with Crippen molar-refractivity contribution >= 4 is 56.8 Å². The molecule has 152 valence electrons. The van der Waals surface area contributed by atoms with E-state index in [-0.39, 0.29) is 0 Å². The Morgan fingerprint density at radius 1 is 1.31 bits per heavy atom. The van der Waals surface area contributed by atoms with Crippen molar-refractivity contribution in [2.45, 2.75) is 46.5 Å². The van der Waals surface area contributed by atoms with Crippen LogP contribution in [0.25, 0.3) is 10.2 Å². The Morgan fingerprint density at radius 2 is 2.14 bits per heavy atom. The Morgan fingerprint density at radius 3 is 2.90 bits per heavy atom. The number of aromatic nitrogens is 2. The zero-order chi connectivity index (χ0) is 20.6. The van der Waals surface area contributed by atoms with Crippen molar-refractivity contribution in [2.75, 3.05) is 5.43 Å². The first-order chi connectivity index (χ1) is 13.9. The topological polar surface area (TPSA) is 50.2 Å². The normalized spacial score (nSPS) is 17.1. The predicted octanol–water partition coefficient (Wildman–Crippen LogP) is 6.99. The summed E-state index contributed by atoms with van der Waals surface area (Å²) in [4.78, 5) is 11.5. The summed E-state index contributed by atoms with van der Waals surface area (Å²) in [5, 5.41) is 6.66. The lowest BCUT2D eigenvalue weighted by atomic mass is 9.69. The first kappa shape index (κ1) is 20.6. The van der Waals surface area contributed by atoms with Crippen LogP contribution in [0, 0.1) is 11.3 Å². The van der Waals surface area contributed by atoms with Gasteiger partial charge in [0.05, 0.1) is 16.6 Å². The predicted molar refractivity (Wildman–Crippen MR) is 125 cm³/mol. The van der Waals surface area contributed by atoms with Gasteiger partial charge in [-0.05, 0) is 48.3 Å².